The Morgan fingerprint density at radius 2 is 1.88 bits per heavy atom. The van der Waals surface area contributed by atoms with Gasteiger partial charge in [0.2, 0.25) is 11.8 Å². The smallest absolute Gasteiger partial charge is 0.238 e. The van der Waals surface area contributed by atoms with Gasteiger partial charge in [-0.1, -0.05) is 12.5 Å². The van der Waals surface area contributed by atoms with Crippen LogP contribution >= 0.6 is 0 Å². The predicted molar refractivity (Wildman–Crippen MR) is 103 cm³/mol. The van der Waals surface area contributed by atoms with Gasteiger partial charge in [0.25, 0.3) is 0 Å². The second-order valence-corrected chi connectivity index (χ2v) is 6.63. The van der Waals surface area contributed by atoms with Crippen molar-refractivity contribution < 1.29 is 14.3 Å². The zero-order valence-electron chi connectivity index (χ0n) is 15.8. The van der Waals surface area contributed by atoms with Crippen molar-refractivity contribution in [1.82, 2.24) is 10.2 Å². The first-order valence-corrected chi connectivity index (χ1v) is 9.21. The second kappa shape index (κ2) is 10.9. The van der Waals surface area contributed by atoms with Crippen LogP contribution in [0.5, 0.6) is 0 Å². The summed E-state index contributed by atoms with van der Waals surface area (Å²) in [5, 5.41) is 8.80. The molecule has 0 aromatic heterocycles. The van der Waals surface area contributed by atoms with Crippen LogP contribution in [0.25, 0.3) is 0 Å². The van der Waals surface area contributed by atoms with Gasteiger partial charge < -0.3 is 20.7 Å². The number of carbonyl (C=O) groups excluding carboxylic acids is 2. The normalized spacial score (nSPS) is 14.8. The van der Waals surface area contributed by atoms with E-state index in [-0.39, 0.29) is 18.4 Å². The van der Waals surface area contributed by atoms with Crippen LogP contribution in [-0.2, 0) is 14.3 Å². The van der Waals surface area contributed by atoms with Crippen molar-refractivity contribution >= 4 is 23.2 Å². The molecule has 1 aliphatic rings. The van der Waals surface area contributed by atoms with Crippen LogP contribution < -0.4 is 16.0 Å². The maximum absolute atomic E-state index is 12.3. The maximum atomic E-state index is 12.3. The van der Waals surface area contributed by atoms with Crippen molar-refractivity contribution in [3.05, 3.63) is 23.8 Å². The molecule has 1 aliphatic heterocycles. The number of nitrogens with zero attached hydrogens (tertiary/aromatic N) is 1. The summed E-state index contributed by atoms with van der Waals surface area (Å²) in [7, 11) is 1.62. The quantitative estimate of drug-likeness (QED) is 0.581. The number of methoxy groups -OCH3 is 1. The molecule has 0 spiro atoms. The van der Waals surface area contributed by atoms with Crippen molar-refractivity contribution in [3.8, 4) is 0 Å². The van der Waals surface area contributed by atoms with Gasteiger partial charge in [-0.15, -0.1) is 0 Å². The number of benzene rings is 1. The molecule has 144 valence electrons. The van der Waals surface area contributed by atoms with Crippen LogP contribution in [0.3, 0.4) is 0 Å². The number of ether oxygens (including phenoxy) is 1. The van der Waals surface area contributed by atoms with Crippen molar-refractivity contribution in [1.29, 1.82) is 0 Å². The van der Waals surface area contributed by atoms with E-state index in [9.17, 15) is 9.59 Å². The third kappa shape index (κ3) is 7.11. The summed E-state index contributed by atoms with van der Waals surface area (Å²) in [6.07, 6.45) is 3.57. The van der Waals surface area contributed by atoms with Crippen molar-refractivity contribution in [2.75, 3.05) is 57.1 Å². The highest BCUT2D eigenvalue weighted by Gasteiger charge is 2.14. The molecule has 26 heavy (non-hydrogen) atoms. The summed E-state index contributed by atoms with van der Waals surface area (Å²) in [5.74, 6) is -0.143. The van der Waals surface area contributed by atoms with Crippen LogP contribution in [0, 0.1) is 6.92 Å². The topological polar surface area (TPSA) is 82.7 Å². The Morgan fingerprint density at radius 1 is 1.12 bits per heavy atom. The minimum Gasteiger partial charge on any atom is -0.383 e. The average molecular weight is 362 g/mol. The molecule has 0 atom stereocenters. The van der Waals surface area contributed by atoms with Crippen LogP contribution in [0.2, 0.25) is 0 Å². The Morgan fingerprint density at radius 3 is 2.62 bits per heavy atom. The van der Waals surface area contributed by atoms with Gasteiger partial charge in [0.15, 0.2) is 0 Å². The average Bonchev–Trinajstić information content (AvgIpc) is 2.62. The minimum atomic E-state index is -0.129. The molecule has 0 unspecified atom stereocenters. The minimum absolute atomic E-state index is 0.0142. The highest BCUT2D eigenvalue weighted by molar-refractivity contribution is 5.96. The molecule has 0 radical (unpaired) electrons. The van der Waals surface area contributed by atoms with E-state index in [4.69, 9.17) is 4.74 Å². The number of piperidine rings is 1. The Kier molecular flexibility index (Phi) is 8.53. The molecule has 1 heterocycles. The lowest BCUT2D eigenvalue weighted by atomic mass is 10.1. The Labute approximate surface area is 155 Å². The lowest BCUT2D eigenvalue weighted by molar-refractivity contribution is -0.117. The molecule has 0 aliphatic carbocycles. The van der Waals surface area contributed by atoms with Gasteiger partial charge in [-0.25, -0.2) is 0 Å². The number of anilines is 2. The van der Waals surface area contributed by atoms with Crippen LogP contribution in [0.15, 0.2) is 18.2 Å². The molecule has 1 fully saturated rings. The number of nitrogens with one attached hydrogen (secondary N) is 3. The Hall–Kier alpha value is -1.96. The lowest BCUT2D eigenvalue weighted by Gasteiger charge is -2.25. The van der Waals surface area contributed by atoms with E-state index in [1.54, 1.807) is 13.2 Å². The molecule has 2 rings (SSSR count). The van der Waals surface area contributed by atoms with Crippen molar-refractivity contribution in [2.45, 2.75) is 26.2 Å². The monoisotopic (exact) mass is 362 g/mol. The SMILES string of the molecule is COCCNCC(=O)Nc1ccc(C)c(NC(=O)CN2CCCCC2)c1. The van der Waals surface area contributed by atoms with E-state index in [0.29, 0.717) is 25.4 Å². The fourth-order valence-corrected chi connectivity index (χ4v) is 2.93. The van der Waals surface area contributed by atoms with Gasteiger partial charge in [-0.3, -0.25) is 14.5 Å². The van der Waals surface area contributed by atoms with Crippen LogP contribution in [0.4, 0.5) is 11.4 Å². The maximum Gasteiger partial charge on any atom is 0.238 e. The molecule has 0 saturated carbocycles. The number of aryl methyl sites for hydroxylation is 1. The molecule has 1 saturated heterocycles. The van der Waals surface area contributed by atoms with E-state index in [0.717, 1.165) is 37.2 Å². The van der Waals surface area contributed by atoms with E-state index in [2.05, 4.69) is 20.9 Å². The molecule has 3 N–H and O–H groups in total. The highest BCUT2D eigenvalue weighted by Crippen LogP contribution is 2.20. The van der Waals surface area contributed by atoms with E-state index in [1.165, 1.54) is 6.42 Å². The van der Waals surface area contributed by atoms with Gasteiger partial charge in [0.1, 0.15) is 0 Å². The molecule has 7 nitrogen and oxygen atoms in total. The summed E-state index contributed by atoms with van der Waals surface area (Å²) in [4.78, 5) is 26.4. The van der Waals surface area contributed by atoms with Gasteiger partial charge in [0, 0.05) is 25.0 Å². The summed E-state index contributed by atoms with van der Waals surface area (Å²) in [5.41, 5.74) is 2.37. The Bertz CT molecular complexity index is 600. The zero-order chi connectivity index (χ0) is 18.8. The first kappa shape index (κ1) is 20.4. The van der Waals surface area contributed by atoms with E-state index < -0.39 is 0 Å². The zero-order valence-corrected chi connectivity index (χ0v) is 15.8. The summed E-state index contributed by atoms with van der Waals surface area (Å²) in [6, 6.07) is 5.53. The highest BCUT2D eigenvalue weighted by atomic mass is 16.5. The Balaban J connectivity index is 1.85. The summed E-state index contributed by atoms with van der Waals surface area (Å²) >= 11 is 0. The van der Waals surface area contributed by atoms with E-state index in [1.807, 2.05) is 19.1 Å². The number of likely N-dealkylation sites (tertiary alicyclic amines) is 1. The third-order valence-electron chi connectivity index (χ3n) is 4.38. The fraction of sp³-hybridized carbons (Fsp3) is 0.579. The van der Waals surface area contributed by atoms with Crippen molar-refractivity contribution in [3.63, 3.8) is 0 Å². The number of amides is 2. The van der Waals surface area contributed by atoms with Gasteiger partial charge in [0.05, 0.1) is 19.7 Å². The van der Waals surface area contributed by atoms with Crippen molar-refractivity contribution in [2.24, 2.45) is 0 Å². The molecule has 1 aromatic rings. The number of hydrogen-bond donors (Lipinski definition) is 3. The second-order valence-electron chi connectivity index (χ2n) is 6.63. The molecule has 0 bridgehead atoms. The summed E-state index contributed by atoms with van der Waals surface area (Å²) < 4.78 is 4.92. The predicted octanol–water partition coefficient (Wildman–Crippen LogP) is 1.59. The first-order valence-electron chi connectivity index (χ1n) is 9.21. The standard InChI is InChI=1S/C19H30N4O3/c1-15-6-7-16(21-18(24)13-20-8-11-26-2)12-17(15)22-19(25)14-23-9-4-3-5-10-23/h6-7,12,20H,3-5,8-11,13-14H2,1-2H3,(H,21,24)(H,22,25). The largest absolute Gasteiger partial charge is 0.383 e. The van der Waals surface area contributed by atoms with Crippen LogP contribution in [-0.4, -0.2) is 63.2 Å². The lowest BCUT2D eigenvalue weighted by Crippen LogP contribution is -2.36. The third-order valence-corrected chi connectivity index (χ3v) is 4.38. The summed E-state index contributed by atoms with van der Waals surface area (Å²) in [6.45, 7) is 5.72. The molecular weight excluding hydrogens is 332 g/mol. The van der Waals surface area contributed by atoms with Gasteiger partial charge in [-0.2, -0.15) is 0 Å². The first-order chi connectivity index (χ1) is 12.6. The molecule has 1 aromatic carbocycles. The molecule has 2 amide bonds. The number of rotatable bonds is 9. The molecule has 7 heteroatoms. The number of carbonyl (C=O) groups is 2. The van der Waals surface area contributed by atoms with E-state index >= 15 is 0 Å². The number of hydrogen-bond acceptors (Lipinski definition) is 5. The van der Waals surface area contributed by atoms with Crippen LogP contribution in [0.1, 0.15) is 24.8 Å². The molecular formula is C19H30N4O3. The fourth-order valence-electron chi connectivity index (χ4n) is 2.93. The van der Waals surface area contributed by atoms with Gasteiger partial charge >= 0.3 is 0 Å². The van der Waals surface area contributed by atoms with Gasteiger partial charge in [-0.05, 0) is 50.6 Å².